The second-order valence-corrected chi connectivity index (χ2v) is 10.1. The second-order valence-electron chi connectivity index (χ2n) is 9.65. The molecule has 2 aromatic rings. The molecule has 8 nitrogen and oxygen atoms in total. The van der Waals surface area contributed by atoms with Gasteiger partial charge in [-0.1, -0.05) is 25.4 Å². The second kappa shape index (κ2) is 10.3. The summed E-state index contributed by atoms with van der Waals surface area (Å²) in [6, 6.07) is 4.09. The number of carbonyl (C=O) groups is 2. The lowest BCUT2D eigenvalue weighted by atomic mass is 9.77. The zero-order chi connectivity index (χ0) is 26.2. The summed E-state index contributed by atoms with van der Waals surface area (Å²) < 4.78 is 46.6. The third-order valence-corrected chi connectivity index (χ3v) is 7.38. The van der Waals surface area contributed by atoms with Crippen molar-refractivity contribution in [2.45, 2.75) is 63.6 Å². The highest BCUT2D eigenvalue weighted by molar-refractivity contribution is 6.30. The Kier molecular flexibility index (Phi) is 7.51. The number of amides is 1. The third-order valence-electron chi connectivity index (χ3n) is 7.15. The Hall–Kier alpha value is -2.79. The number of nitrogens with zero attached hydrogens (tertiary/aromatic N) is 3. The summed E-state index contributed by atoms with van der Waals surface area (Å²) in [6.07, 6.45) is 2.70. The van der Waals surface area contributed by atoms with E-state index in [9.17, 15) is 27.9 Å². The number of nitrogens with one attached hydrogen (secondary N) is 1. The summed E-state index contributed by atoms with van der Waals surface area (Å²) in [5.74, 6) is -2.80. The monoisotopic (exact) mass is 528 g/mol. The summed E-state index contributed by atoms with van der Waals surface area (Å²) in [5.41, 5.74) is -1.01. The molecule has 1 saturated heterocycles. The fourth-order valence-corrected chi connectivity index (χ4v) is 5.27. The molecule has 36 heavy (non-hydrogen) atoms. The van der Waals surface area contributed by atoms with Gasteiger partial charge in [0.2, 0.25) is 0 Å². The largest absolute Gasteiger partial charge is 0.481 e. The first-order valence-electron chi connectivity index (χ1n) is 11.8. The summed E-state index contributed by atoms with van der Waals surface area (Å²) in [7, 11) is 0. The van der Waals surface area contributed by atoms with Crippen LogP contribution in [0.25, 0.3) is 0 Å². The summed E-state index contributed by atoms with van der Waals surface area (Å²) in [5, 5.41) is 16.3. The molecule has 1 aromatic carbocycles. The highest BCUT2D eigenvalue weighted by atomic mass is 35.5. The van der Waals surface area contributed by atoms with Crippen molar-refractivity contribution in [2.24, 2.45) is 5.92 Å². The molecule has 1 amide bonds. The Bertz CT molecular complexity index is 1130. The number of carbonyl (C=O) groups excluding carboxylic acids is 1. The van der Waals surface area contributed by atoms with Crippen molar-refractivity contribution in [1.29, 1.82) is 0 Å². The molecule has 4 rings (SSSR count). The number of benzene rings is 1. The van der Waals surface area contributed by atoms with Gasteiger partial charge < -0.3 is 20.1 Å². The number of ether oxygens (including phenoxy) is 1. The van der Waals surface area contributed by atoms with Gasteiger partial charge in [-0.25, -0.2) is 4.39 Å². The van der Waals surface area contributed by atoms with Crippen LogP contribution in [0.15, 0.2) is 24.4 Å². The van der Waals surface area contributed by atoms with Crippen molar-refractivity contribution in [2.75, 3.05) is 18.4 Å². The Morgan fingerprint density at radius 3 is 2.50 bits per heavy atom. The van der Waals surface area contributed by atoms with Crippen LogP contribution in [0, 0.1) is 11.7 Å². The number of piperidine rings is 1. The number of aliphatic carboxylic acids is 1. The molecule has 1 aliphatic carbocycles. The molecule has 196 valence electrons. The third kappa shape index (κ3) is 5.04. The minimum absolute atomic E-state index is 0.00789. The number of carboxylic acid groups (broad SMARTS) is 1. The number of hydrogen-bond acceptors (Lipinski definition) is 5. The zero-order valence-corrected chi connectivity index (χ0v) is 20.6. The minimum Gasteiger partial charge on any atom is -0.481 e. The van der Waals surface area contributed by atoms with Gasteiger partial charge in [0.25, 0.3) is 5.91 Å². The molecule has 2 N–H and O–H groups in total. The molecule has 2 heterocycles. The van der Waals surface area contributed by atoms with Crippen molar-refractivity contribution in [3.8, 4) is 5.75 Å². The maximum Gasteiger partial charge on any atom is 0.387 e. The molecular formula is C24H28ClF3N4O4. The van der Waals surface area contributed by atoms with E-state index in [0.717, 1.165) is 6.20 Å². The van der Waals surface area contributed by atoms with Crippen LogP contribution in [-0.4, -0.2) is 57.4 Å². The number of anilines is 1. The number of alkyl halides is 2. The van der Waals surface area contributed by atoms with Crippen molar-refractivity contribution >= 4 is 29.2 Å². The van der Waals surface area contributed by atoms with Crippen molar-refractivity contribution in [1.82, 2.24) is 14.7 Å². The number of likely N-dealkylation sites (tertiary alicyclic amines) is 1. The van der Waals surface area contributed by atoms with Gasteiger partial charge >= 0.3 is 12.6 Å². The molecule has 1 aliphatic heterocycles. The molecule has 12 heteroatoms. The lowest BCUT2D eigenvalue weighted by Gasteiger charge is -2.47. The Labute approximate surface area is 211 Å². The van der Waals surface area contributed by atoms with E-state index in [4.69, 9.17) is 11.6 Å². The van der Waals surface area contributed by atoms with Gasteiger partial charge in [0.1, 0.15) is 5.54 Å². The first-order chi connectivity index (χ1) is 17.0. The highest BCUT2D eigenvalue weighted by Gasteiger charge is 2.48. The Morgan fingerprint density at radius 1 is 1.25 bits per heavy atom. The summed E-state index contributed by atoms with van der Waals surface area (Å²) in [6.45, 7) is 1.40. The Morgan fingerprint density at radius 2 is 1.92 bits per heavy atom. The van der Waals surface area contributed by atoms with Gasteiger partial charge in [-0.05, 0) is 43.7 Å². The number of aromatic nitrogens is 2. The van der Waals surface area contributed by atoms with E-state index < -0.39 is 29.8 Å². The van der Waals surface area contributed by atoms with Crippen LogP contribution in [-0.2, 0) is 15.1 Å². The van der Waals surface area contributed by atoms with Crippen LogP contribution in [0.1, 0.15) is 51.1 Å². The van der Waals surface area contributed by atoms with Crippen LogP contribution in [0.5, 0.6) is 5.75 Å². The highest BCUT2D eigenvalue weighted by Crippen LogP contribution is 2.40. The lowest BCUT2D eigenvalue weighted by Crippen LogP contribution is -2.58. The molecule has 0 bridgehead atoms. The molecule has 0 unspecified atom stereocenters. The van der Waals surface area contributed by atoms with Crippen LogP contribution >= 0.6 is 11.6 Å². The molecule has 0 atom stereocenters. The van der Waals surface area contributed by atoms with E-state index in [1.165, 1.54) is 22.9 Å². The van der Waals surface area contributed by atoms with Crippen LogP contribution in [0.2, 0.25) is 5.02 Å². The maximum absolute atomic E-state index is 14.7. The number of halogens is 4. The normalized spacial score (nSPS) is 21.9. The van der Waals surface area contributed by atoms with Gasteiger partial charge in [-0.2, -0.15) is 13.9 Å². The van der Waals surface area contributed by atoms with Crippen LogP contribution in [0.3, 0.4) is 0 Å². The molecule has 0 radical (unpaired) electrons. The molecule has 1 saturated carbocycles. The van der Waals surface area contributed by atoms with Gasteiger partial charge in [0.15, 0.2) is 11.6 Å². The molecule has 2 fully saturated rings. The van der Waals surface area contributed by atoms with E-state index >= 15 is 0 Å². The average Bonchev–Trinajstić information content (AvgIpc) is 3.16. The van der Waals surface area contributed by atoms with Crippen molar-refractivity contribution in [3.05, 3.63) is 40.9 Å². The van der Waals surface area contributed by atoms with Gasteiger partial charge in [0, 0.05) is 30.2 Å². The summed E-state index contributed by atoms with van der Waals surface area (Å²) >= 11 is 5.93. The van der Waals surface area contributed by atoms with Crippen LogP contribution < -0.4 is 10.1 Å². The van der Waals surface area contributed by atoms with E-state index in [1.807, 2.05) is 0 Å². The zero-order valence-electron chi connectivity index (χ0n) is 19.9. The quantitative estimate of drug-likeness (QED) is 0.516. The fraction of sp³-hybridized carbons (Fsp3) is 0.542. The van der Waals surface area contributed by atoms with Gasteiger partial charge in [-0.3, -0.25) is 14.3 Å². The first kappa shape index (κ1) is 26.3. The van der Waals surface area contributed by atoms with E-state index in [2.05, 4.69) is 20.1 Å². The molecule has 1 aromatic heterocycles. The molecular weight excluding hydrogens is 501 g/mol. The van der Waals surface area contributed by atoms with Gasteiger partial charge in [0.05, 0.1) is 23.5 Å². The van der Waals surface area contributed by atoms with Crippen molar-refractivity contribution < 1.29 is 32.6 Å². The fourth-order valence-electron chi connectivity index (χ4n) is 5.11. The van der Waals surface area contributed by atoms with E-state index in [0.29, 0.717) is 25.9 Å². The molecule has 0 spiro atoms. The molecule has 2 aliphatic rings. The van der Waals surface area contributed by atoms with Crippen molar-refractivity contribution in [3.63, 3.8) is 0 Å². The number of rotatable bonds is 8. The maximum atomic E-state index is 14.7. The van der Waals surface area contributed by atoms with E-state index in [1.54, 1.807) is 13.8 Å². The standard InChI is InChI=1S/C24H28ClF3N4O4/c1-13(2)20-17(26)12-29-32(20)24(5-7-31(8-6-24)16-9-14(10-16)21(33)34)22(35)30-18-4-3-15(25)11-19(18)36-23(27)28/h3-4,11-14,16,23H,5-10H2,1-2H3,(H,30,35)(H,33,34). The van der Waals surface area contributed by atoms with Gasteiger partial charge in [-0.15, -0.1) is 0 Å². The average molecular weight is 529 g/mol. The SMILES string of the molecule is CC(C)c1c(F)cnn1C1(C(=O)Nc2ccc(Cl)cc2OC(F)F)CCN(C2CC(C(=O)O)C2)CC1. The lowest BCUT2D eigenvalue weighted by molar-refractivity contribution is -0.147. The number of carboxylic acids is 1. The number of hydrogen-bond donors (Lipinski definition) is 2. The van der Waals surface area contributed by atoms with Crippen LogP contribution in [0.4, 0.5) is 18.9 Å². The topological polar surface area (TPSA) is 96.7 Å². The predicted octanol–water partition coefficient (Wildman–Crippen LogP) is 4.69. The first-order valence-corrected chi connectivity index (χ1v) is 12.2. The smallest absolute Gasteiger partial charge is 0.387 e. The minimum atomic E-state index is -3.12. The predicted molar refractivity (Wildman–Crippen MR) is 126 cm³/mol. The Balaban J connectivity index is 1.63. The van der Waals surface area contributed by atoms with E-state index in [-0.39, 0.29) is 52.9 Å². The summed E-state index contributed by atoms with van der Waals surface area (Å²) in [4.78, 5) is 27.2.